The predicted molar refractivity (Wildman–Crippen MR) is 53.9 cm³/mol. The van der Waals surface area contributed by atoms with Crippen molar-refractivity contribution in [2.75, 3.05) is 0 Å². The molecule has 0 bridgehead atoms. The van der Waals surface area contributed by atoms with Crippen molar-refractivity contribution < 1.29 is 9.25 Å². The summed E-state index contributed by atoms with van der Waals surface area (Å²) in [4.78, 5) is 5.46. The summed E-state index contributed by atoms with van der Waals surface area (Å²) in [5, 5.41) is 0.419. The molecule has 1 saturated carbocycles. The van der Waals surface area contributed by atoms with Crippen LogP contribution in [-0.2, 0) is 11.4 Å². The molecular formula is C10H14ClNO2. The van der Waals surface area contributed by atoms with Gasteiger partial charge in [-0.25, -0.2) is 0 Å². The predicted octanol–water partition coefficient (Wildman–Crippen LogP) is 2.90. The summed E-state index contributed by atoms with van der Waals surface area (Å²) in [5.74, 6) is 0.799. The molecular weight excluding hydrogens is 202 g/mol. The van der Waals surface area contributed by atoms with E-state index in [9.17, 15) is 0 Å². The third-order valence-corrected chi connectivity index (χ3v) is 2.63. The Kier molecular flexibility index (Phi) is 3.45. The van der Waals surface area contributed by atoms with Gasteiger partial charge in [-0.3, -0.25) is 4.84 Å². The lowest BCUT2D eigenvalue weighted by Gasteiger charge is -2.10. The number of hydrogen-bond donors (Lipinski definition) is 1. The molecule has 78 valence electrons. The zero-order valence-corrected chi connectivity index (χ0v) is 8.72. The van der Waals surface area contributed by atoms with E-state index >= 15 is 0 Å². The van der Waals surface area contributed by atoms with Gasteiger partial charge in [-0.15, -0.1) is 0 Å². The van der Waals surface area contributed by atoms with Gasteiger partial charge in [-0.05, 0) is 36.6 Å². The first-order valence-corrected chi connectivity index (χ1v) is 5.35. The highest BCUT2D eigenvalue weighted by Gasteiger charge is 2.15. The number of nitrogens with one attached hydrogen (secondary N) is 1. The molecule has 1 heterocycles. The topological polar surface area (TPSA) is 34.4 Å². The second-order valence-electron chi connectivity index (χ2n) is 3.55. The molecule has 3 nitrogen and oxygen atoms in total. The average Bonchev–Trinajstić information content (AvgIpc) is 2.77. The molecule has 1 aliphatic carbocycles. The Morgan fingerprint density at radius 3 is 2.86 bits per heavy atom. The summed E-state index contributed by atoms with van der Waals surface area (Å²) in [6.45, 7) is 0.573. The lowest BCUT2D eigenvalue weighted by molar-refractivity contribution is -0.0268. The third kappa shape index (κ3) is 2.74. The minimum atomic E-state index is 0.375. The molecule has 0 saturated heterocycles. The molecule has 0 aliphatic heterocycles. The van der Waals surface area contributed by atoms with Crippen LogP contribution < -0.4 is 5.48 Å². The van der Waals surface area contributed by atoms with Gasteiger partial charge in [-0.1, -0.05) is 12.8 Å². The van der Waals surface area contributed by atoms with Crippen LogP contribution in [0.3, 0.4) is 0 Å². The van der Waals surface area contributed by atoms with Crippen LogP contribution >= 0.6 is 11.6 Å². The standard InChI is InChI=1S/C10H14ClNO2/c11-10-6-5-9(13-10)7-12-14-8-3-1-2-4-8/h5-6,8,12H,1-4,7H2. The molecule has 0 spiro atoms. The van der Waals surface area contributed by atoms with Crippen molar-refractivity contribution in [1.82, 2.24) is 5.48 Å². The maximum absolute atomic E-state index is 5.63. The van der Waals surface area contributed by atoms with Crippen LogP contribution in [0, 0.1) is 0 Å². The Morgan fingerprint density at radius 1 is 1.43 bits per heavy atom. The van der Waals surface area contributed by atoms with Crippen molar-refractivity contribution in [3.8, 4) is 0 Å². The molecule has 2 rings (SSSR count). The molecule has 1 fully saturated rings. The lowest BCUT2D eigenvalue weighted by Crippen LogP contribution is -2.20. The molecule has 0 aromatic carbocycles. The number of halogens is 1. The van der Waals surface area contributed by atoms with Gasteiger partial charge in [0, 0.05) is 0 Å². The Balaban J connectivity index is 1.67. The smallest absolute Gasteiger partial charge is 0.193 e. The molecule has 0 amide bonds. The molecule has 1 N–H and O–H groups in total. The van der Waals surface area contributed by atoms with Gasteiger partial charge in [0.25, 0.3) is 0 Å². The third-order valence-electron chi connectivity index (χ3n) is 2.43. The quantitative estimate of drug-likeness (QED) is 0.785. The summed E-state index contributed by atoms with van der Waals surface area (Å²) in [6.07, 6.45) is 5.25. The van der Waals surface area contributed by atoms with Crippen LogP contribution in [0.1, 0.15) is 31.4 Å². The normalized spacial score (nSPS) is 17.8. The van der Waals surface area contributed by atoms with Crippen molar-refractivity contribution in [2.24, 2.45) is 0 Å². The van der Waals surface area contributed by atoms with E-state index < -0.39 is 0 Å². The van der Waals surface area contributed by atoms with E-state index in [4.69, 9.17) is 20.9 Å². The monoisotopic (exact) mass is 215 g/mol. The van der Waals surface area contributed by atoms with Crippen LogP contribution in [0.25, 0.3) is 0 Å². The highest BCUT2D eigenvalue weighted by Crippen LogP contribution is 2.20. The fraction of sp³-hybridized carbons (Fsp3) is 0.600. The van der Waals surface area contributed by atoms with Crippen LogP contribution in [0.5, 0.6) is 0 Å². The van der Waals surface area contributed by atoms with E-state index in [-0.39, 0.29) is 0 Å². The summed E-state index contributed by atoms with van der Waals surface area (Å²) in [5.41, 5.74) is 2.90. The van der Waals surface area contributed by atoms with Crippen LogP contribution in [-0.4, -0.2) is 6.10 Å². The lowest BCUT2D eigenvalue weighted by atomic mass is 10.3. The molecule has 14 heavy (non-hydrogen) atoms. The fourth-order valence-corrected chi connectivity index (χ4v) is 1.85. The molecule has 0 atom stereocenters. The van der Waals surface area contributed by atoms with Crippen LogP contribution in [0.15, 0.2) is 16.5 Å². The second kappa shape index (κ2) is 4.82. The van der Waals surface area contributed by atoms with E-state index in [1.54, 1.807) is 6.07 Å². The minimum absolute atomic E-state index is 0.375. The fourth-order valence-electron chi connectivity index (χ4n) is 1.68. The van der Waals surface area contributed by atoms with Gasteiger partial charge in [0.1, 0.15) is 5.76 Å². The van der Waals surface area contributed by atoms with E-state index in [2.05, 4.69) is 5.48 Å². The SMILES string of the molecule is Clc1ccc(CNOC2CCCC2)o1. The number of furan rings is 1. The summed E-state index contributed by atoms with van der Waals surface area (Å²) in [6, 6.07) is 3.57. The van der Waals surface area contributed by atoms with Crippen molar-refractivity contribution in [3.63, 3.8) is 0 Å². The minimum Gasteiger partial charge on any atom is -0.448 e. The van der Waals surface area contributed by atoms with E-state index in [0.717, 1.165) is 18.6 Å². The first-order chi connectivity index (χ1) is 6.84. The summed E-state index contributed by atoms with van der Waals surface area (Å²) >= 11 is 5.63. The Bertz CT molecular complexity index is 281. The summed E-state index contributed by atoms with van der Waals surface area (Å²) in [7, 11) is 0. The first-order valence-electron chi connectivity index (χ1n) is 4.97. The van der Waals surface area contributed by atoms with Gasteiger partial charge in [0.05, 0.1) is 12.6 Å². The maximum atomic E-state index is 5.63. The highest BCUT2D eigenvalue weighted by molar-refractivity contribution is 6.28. The Morgan fingerprint density at radius 2 is 2.21 bits per heavy atom. The first kappa shape index (κ1) is 10.0. The molecule has 4 heteroatoms. The molecule has 0 unspecified atom stereocenters. The van der Waals surface area contributed by atoms with Gasteiger partial charge in [-0.2, -0.15) is 5.48 Å². The highest BCUT2D eigenvalue weighted by atomic mass is 35.5. The number of rotatable bonds is 4. The Labute approximate surface area is 88.3 Å². The van der Waals surface area contributed by atoms with Crippen LogP contribution in [0.4, 0.5) is 0 Å². The van der Waals surface area contributed by atoms with E-state index in [1.807, 2.05) is 6.07 Å². The largest absolute Gasteiger partial charge is 0.448 e. The second-order valence-corrected chi connectivity index (χ2v) is 3.92. The maximum Gasteiger partial charge on any atom is 0.193 e. The molecule has 1 aromatic heterocycles. The van der Waals surface area contributed by atoms with E-state index in [0.29, 0.717) is 17.9 Å². The number of hydroxylamine groups is 1. The zero-order chi connectivity index (χ0) is 9.80. The van der Waals surface area contributed by atoms with Crippen molar-refractivity contribution in [2.45, 2.75) is 38.3 Å². The average molecular weight is 216 g/mol. The van der Waals surface area contributed by atoms with Gasteiger partial charge >= 0.3 is 0 Å². The van der Waals surface area contributed by atoms with E-state index in [1.165, 1.54) is 12.8 Å². The van der Waals surface area contributed by atoms with Gasteiger partial charge < -0.3 is 4.42 Å². The number of hydrogen-bond acceptors (Lipinski definition) is 3. The molecule has 1 aromatic rings. The van der Waals surface area contributed by atoms with Gasteiger partial charge in [0.2, 0.25) is 0 Å². The van der Waals surface area contributed by atoms with Crippen molar-refractivity contribution in [1.29, 1.82) is 0 Å². The van der Waals surface area contributed by atoms with Crippen molar-refractivity contribution in [3.05, 3.63) is 23.1 Å². The van der Waals surface area contributed by atoms with Crippen LogP contribution in [0.2, 0.25) is 5.22 Å². The Hall–Kier alpha value is -0.510. The molecule has 1 aliphatic rings. The van der Waals surface area contributed by atoms with Crippen molar-refractivity contribution >= 4 is 11.6 Å². The zero-order valence-electron chi connectivity index (χ0n) is 7.96. The van der Waals surface area contributed by atoms with Gasteiger partial charge in [0.15, 0.2) is 5.22 Å². The summed E-state index contributed by atoms with van der Waals surface area (Å²) < 4.78 is 5.17. The molecule has 0 radical (unpaired) electrons.